The van der Waals surface area contributed by atoms with E-state index in [9.17, 15) is 9.90 Å². The van der Waals surface area contributed by atoms with E-state index in [-0.39, 0.29) is 18.1 Å². The Balaban J connectivity index is 1.72. The SMILES string of the molecule is CCC1(CNC(=O)N(C)CC2CCCCC2O)CC1. The van der Waals surface area contributed by atoms with E-state index in [0.717, 1.165) is 32.2 Å². The molecule has 2 atom stereocenters. The van der Waals surface area contributed by atoms with Crippen molar-refractivity contribution >= 4 is 6.03 Å². The van der Waals surface area contributed by atoms with E-state index >= 15 is 0 Å². The minimum absolute atomic E-state index is 0.0116. The van der Waals surface area contributed by atoms with Gasteiger partial charge in [-0.3, -0.25) is 0 Å². The Bertz CT molecular complexity index is 315. The van der Waals surface area contributed by atoms with Gasteiger partial charge in [0.05, 0.1) is 6.10 Å². The highest BCUT2D eigenvalue weighted by Crippen LogP contribution is 2.47. The average molecular weight is 268 g/mol. The van der Waals surface area contributed by atoms with Crippen LogP contribution in [0.1, 0.15) is 51.9 Å². The quantitative estimate of drug-likeness (QED) is 0.804. The minimum Gasteiger partial charge on any atom is -0.393 e. The van der Waals surface area contributed by atoms with E-state index in [1.54, 1.807) is 4.90 Å². The monoisotopic (exact) mass is 268 g/mol. The lowest BCUT2D eigenvalue weighted by molar-refractivity contribution is 0.0564. The highest BCUT2D eigenvalue weighted by molar-refractivity contribution is 5.73. The first-order valence-corrected chi connectivity index (χ1v) is 7.73. The minimum atomic E-state index is -0.227. The maximum Gasteiger partial charge on any atom is 0.317 e. The fourth-order valence-corrected chi connectivity index (χ4v) is 3.07. The predicted molar refractivity (Wildman–Crippen MR) is 76.0 cm³/mol. The van der Waals surface area contributed by atoms with Crippen molar-refractivity contribution in [3.05, 3.63) is 0 Å². The van der Waals surface area contributed by atoms with E-state index in [1.165, 1.54) is 19.3 Å². The summed E-state index contributed by atoms with van der Waals surface area (Å²) in [4.78, 5) is 13.8. The molecule has 0 spiro atoms. The van der Waals surface area contributed by atoms with Crippen molar-refractivity contribution in [3.8, 4) is 0 Å². The summed E-state index contributed by atoms with van der Waals surface area (Å²) in [6, 6.07) is 0.0116. The fourth-order valence-electron chi connectivity index (χ4n) is 3.07. The summed E-state index contributed by atoms with van der Waals surface area (Å²) in [5.41, 5.74) is 0.390. The van der Waals surface area contributed by atoms with Crippen LogP contribution in [0.4, 0.5) is 4.79 Å². The molecule has 2 aliphatic rings. The van der Waals surface area contributed by atoms with Crippen molar-refractivity contribution < 1.29 is 9.90 Å². The zero-order chi connectivity index (χ0) is 13.9. The predicted octanol–water partition coefficient (Wildman–Crippen LogP) is 2.37. The van der Waals surface area contributed by atoms with Crippen LogP contribution in [-0.2, 0) is 0 Å². The molecule has 2 aliphatic carbocycles. The maximum absolute atomic E-state index is 12.0. The summed E-state index contributed by atoms with van der Waals surface area (Å²) in [5, 5.41) is 13.0. The molecule has 19 heavy (non-hydrogen) atoms. The van der Waals surface area contributed by atoms with Crippen LogP contribution < -0.4 is 5.32 Å². The number of hydrogen-bond acceptors (Lipinski definition) is 2. The first-order chi connectivity index (χ1) is 9.06. The summed E-state index contributed by atoms with van der Waals surface area (Å²) in [7, 11) is 1.84. The van der Waals surface area contributed by atoms with E-state index < -0.39 is 0 Å². The molecule has 0 aromatic carbocycles. The molecule has 110 valence electrons. The smallest absolute Gasteiger partial charge is 0.317 e. The number of carbonyl (C=O) groups excluding carboxylic acids is 1. The Morgan fingerprint density at radius 1 is 1.37 bits per heavy atom. The molecule has 2 saturated carbocycles. The molecular weight excluding hydrogens is 240 g/mol. The van der Waals surface area contributed by atoms with Crippen LogP contribution in [0.15, 0.2) is 0 Å². The van der Waals surface area contributed by atoms with Gasteiger partial charge in [-0.1, -0.05) is 19.8 Å². The Labute approximate surface area is 116 Å². The molecule has 2 rings (SSSR count). The lowest BCUT2D eigenvalue weighted by atomic mass is 9.86. The summed E-state index contributed by atoms with van der Waals surface area (Å²) >= 11 is 0. The zero-order valence-corrected chi connectivity index (χ0v) is 12.3. The Morgan fingerprint density at radius 3 is 2.63 bits per heavy atom. The van der Waals surface area contributed by atoms with Gasteiger partial charge in [0.25, 0.3) is 0 Å². The zero-order valence-electron chi connectivity index (χ0n) is 12.3. The second kappa shape index (κ2) is 6.12. The molecule has 0 aromatic rings. The van der Waals surface area contributed by atoms with Crippen molar-refractivity contribution in [2.24, 2.45) is 11.3 Å². The molecule has 2 unspecified atom stereocenters. The van der Waals surface area contributed by atoms with Crippen molar-refractivity contribution in [2.75, 3.05) is 20.1 Å². The number of hydrogen-bond donors (Lipinski definition) is 2. The number of nitrogens with zero attached hydrogens (tertiary/aromatic N) is 1. The number of urea groups is 1. The summed E-state index contributed by atoms with van der Waals surface area (Å²) in [5.74, 6) is 0.255. The van der Waals surface area contributed by atoms with Crippen molar-refractivity contribution in [2.45, 2.75) is 58.0 Å². The molecular formula is C15H28N2O2. The fraction of sp³-hybridized carbons (Fsp3) is 0.933. The van der Waals surface area contributed by atoms with Crippen LogP contribution in [0.2, 0.25) is 0 Å². The van der Waals surface area contributed by atoms with Crippen molar-refractivity contribution in [1.29, 1.82) is 0 Å². The molecule has 4 nitrogen and oxygen atoms in total. The first-order valence-electron chi connectivity index (χ1n) is 7.73. The first kappa shape index (κ1) is 14.6. The summed E-state index contributed by atoms with van der Waals surface area (Å²) in [6.07, 6.45) is 7.64. The van der Waals surface area contributed by atoms with Gasteiger partial charge in [0, 0.05) is 26.1 Å². The number of carbonyl (C=O) groups is 1. The highest BCUT2D eigenvalue weighted by atomic mass is 16.3. The number of aliphatic hydroxyl groups is 1. The van der Waals surface area contributed by atoms with Crippen LogP contribution in [0.3, 0.4) is 0 Å². The molecule has 0 radical (unpaired) electrons. The molecule has 0 aliphatic heterocycles. The van der Waals surface area contributed by atoms with E-state index in [1.807, 2.05) is 7.05 Å². The van der Waals surface area contributed by atoms with Gasteiger partial charge in [0.2, 0.25) is 0 Å². The molecule has 2 fully saturated rings. The standard InChI is InChI=1S/C15H28N2O2/c1-3-15(8-9-15)11-16-14(19)17(2)10-12-6-4-5-7-13(12)18/h12-13,18H,3-11H2,1-2H3,(H,16,19). The number of amides is 2. The molecule has 2 N–H and O–H groups in total. The largest absolute Gasteiger partial charge is 0.393 e. The van der Waals surface area contributed by atoms with E-state index in [0.29, 0.717) is 12.0 Å². The van der Waals surface area contributed by atoms with Crippen LogP contribution in [0.25, 0.3) is 0 Å². The Kier molecular flexibility index (Phi) is 4.71. The Hall–Kier alpha value is -0.770. The number of rotatable bonds is 5. The van der Waals surface area contributed by atoms with Gasteiger partial charge < -0.3 is 15.3 Å². The molecule has 0 aromatic heterocycles. The maximum atomic E-state index is 12.0. The van der Waals surface area contributed by atoms with E-state index in [2.05, 4.69) is 12.2 Å². The van der Waals surface area contributed by atoms with Gasteiger partial charge in [-0.2, -0.15) is 0 Å². The third-order valence-corrected chi connectivity index (χ3v) is 5.05. The van der Waals surface area contributed by atoms with Crippen molar-refractivity contribution in [3.63, 3.8) is 0 Å². The van der Waals surface area contributed by atoms with Gasteiger partial charge in [-0.05, 0) is 37.5 Å². The lowest BCUT2D eigenvalue weighted by Crippen LogP contribution is -2.44. The summed E-state index contributed by atoms with van der Waals surface area (Å²) in [6.45, 7) is 3.67. The highest BCUT2D eigenvalue weighted by Gasteiger charge is 2.40. The van der Waals surface area contributed by atoms with Gasteiger partial charge in [0.1, 0.15) is 0 Å². The van der Waals surface area contributed by atoms with Crippen LogP contribution >= 0.6 is 0 Å². The van der Waals surface area contributed by atoms with Gasteiger partial charge >= 0.3 is 6.03 Å². The van der Waals surface area contributed by atoms with Gasteiger partial charge in [0.15, 0.2) is 0 Å². The Morgan fingerprint density at radius 2 is 2.05 bits per heavy atom. The molecule has 0 saturated heterocycles. The average Bonchev–Trinajstić information content (AvgIpc) is 3.19. The van der Waals surface area contributed by atoms with Crippen LogP contribution in [-0.4, -0.2) is 42.3 Å². The van der Waals surface area contributed by atoms with Gasteiger partial charge in [-0.25, -0.2) is 4.79 Å². The molecule has 2 amide bonds. The van der Waals surface area contributed by atoms with Crippen LogP contribution in [0, 0.1) is 11.3 Å². The molecule has 0 heterocycles. The summed E-state index contributed by atoms with van der Waals surface area (Å²) < 4.78 is 0. The molecule has 0 bridgehead atoms. The lowest BCUT2D eigenvalue weighted by Gasteiger charge is -2.31. The topological polar surface area (TPSA) is 52.6 Å². The third kappa shape index (κ3) is 3.85. The van der Waals surface area contributed by atoms with Gasteiger partial charge in [-0.15, -0.1) is 0 Å². The van der Waals surface area contributed by atoms with Crippen LogP contribution in [0.5, 0.6) is 0 Å². The van der Waals surface area contributed by atoms with E-state index in [4.69, 9.17) is 0 Å². The number of nitrogens with one attached hydrogen (secondary N) is 1. The normalized spacial score (nSPS) is 28.8. The van der Waals surface area contributed by atoms with Crippen molar-refractivity contribution in [1.82, 2.24) is 10.2 Å². The second-order valence-corrected chi connectivity index (χ2v) is 6.50. The molecule has 4 heteroatoms. The third-order valence-electron chi connectivity index (χ3n) is 5.05. The second-order valence-electron chi connectivity index (χ2n) is 6.50. The number of aliphatic hydroxyl groups excluding tert-OH is 1.